The Hall–Kier alpha value is -2.41. The number of anilines is 1. The Bertz CT molecular complexity index is 756. The average Bonchev–Trinajstić information content (AvgIpc) is 3.05. The van der Waals surface area contributed by atoms with Gasteiger partial charge >= 0.3 is 0 Å². The first-order chi connectivity index (χ1) is 14.3. The van der Waals surface area contributed by atoms with Crippen molar-refractivity contribution in [2.24, 2.45) is 5.92 Å². The molecule has 2 aliphatic rings. The Labute approximate surface area is 178 Å². The number of carbonyl (C=O) groups excluding carboxylic acids is 3. The number of rotatable bonds is 7. The van der Waals surface area contributed by atoms with Crippen LogP contribution in [0.4, 0.5) is 5.69 Å². The second kappa shape index (κ2) is 10.1. The lowest BCUT2D eigenvalue weighted by atomic mass is 10.0. The van der Waals surface area contributed by atoms with Gasteiger partial charge in [-0.2, -0.15) is 0 Å². The van der Waals surface area contributed by atoms with Gasteiger partial charge in [-0.25, -0.2) is 0 Å². The highest BCUT2D eigenvalue weighted by molar-refractivity contribution is 5.99. The van der Waals surface area contributed by atoms with E-state index >= 15 is 0 Å². The molecule has 3 atom stereocenters. The molecule has 3 rings (SSSR count). The lowest BCUT2D eigenvalue weighted by Gasteiger charge is -2.29. The van der Waals surface area contributed by atoms with Crippen molar-refractivity contribution in [1.82, 2.24) is 10.6 Å². The summed E-state index contributed by atoms with van der Waals surface area (Å²) in [5, 5.41) is 5.61. The van der Waals surface area contributed by atoms with Gasteiger partial charge in [0.05, 0.1) is 6.10 Å². The Balaban J connectivity index is 1.64. The molecule has 30 heavy (non-hydrogen) atoms. The molecule has 2 heterocycles. The smallest absolute Gasteiger partial charge is 0.251 e. The molecule has 1 aromatic carbocycles. The zero-order valence-corrected chi connectivity index (χ0v) is 18.1. The molecule has 0 radical (unpaired) electrons. The van der Waals surface area contributed by atoms with Crippen LogP contribution >= 0.6 is 0 Å². The maximum atomic E-state index is 12.8. The van der Waals surface area contributed by atoms with E-state index in [9.17, 15) is 14.4 Å². The molecule has 1 aromatic rings. The summed E-state index contributed by atoms with van der Waals surface area (Å²) in [5.74, 6) is -0.574. The molecule has 0 spiro atoms. The molecule has 2 fully saturated rings. The molecule has 164 valence electrons. The van der Waals surface area contributed by atoms with E-state index in [-0.39, 0.29) is 36.2 Å². The number of amides is 2. The van der Waals surface area contributed by atoms with Crippen LogP contribution in [0.15, 0.2) is 24.3 Å². The van der Waals surface area contributed by atoms with E-state index in [0.29, 0.717) is 12.0 Å². The van der Waals surface area contributed by atoms with Crippen molar-refractivity contribution in [2.45, 2.75) is 64.6 Å². The zero-order valence-electron chi connectivity index (χ0n) is 18.1. The largest absolute Gasteiger partial charge is 0.372 e. The Kier molecular flexibility index (Phi) is 7.48. The van der Waals surface area contributed by atoms with E-state index in [4.69, 9.17) is 4.74 Å². The summed E-state index contributed by atoms with van der Waals surface area (Å²) in [6.45, 7) is 7.85. The van der Waals surface area contributed by atoms with E-state index in [0.717, 1.165) is 18.8 Å². The minimum Gasteiger partial charge on any atom is -0.372 e. The fourth-order valence-corrected chi connectivity index (χ4v) is 4.03. The van der Waals surface area contributed by atoms with Crippen LogP contribution in [0, 0.1) is 5.92 Å². The van der Waals surface area contributed by atoms with E-state index in [1.165, 1.54) is 19.3 Å². The normalized spacial score (nSPS) is 22.8. The van der Waals surface area contributed by atoms with Crippen molar-refractivity contribution < 1.29 is 19.1 Å². The summed E-state index contributed by atoms with van der Waals surface area (Å²) in [6.07, 6.45) is 3.79. The van der Waals surface area contributed by atoms with Crippen LogP contribution in [0.3, 0.4) is 0 Å². The number of Topliss-reactive ketones (excluding diaryl/α,β-unsaturated/α-hetero) is 1. The summed E-state index contributed by atoms with van der Waals surface area (Å²) in [7, 11) is 0. The first kappa shape index (κ1) is 22.3. The molecule has 2 amide bonds. The second-order valence-corrected chi connectivity index (χ2v) is 8.72. The van der Waals surface area contributed by atoms with Gasteiger partial charge in [0, 0.05) is 24.3 Å². The average molecular weight is 416 g/mol. The zero-order chi connectivity index (χ0) is 21.7. The third kappa shape index (κ3) is 5.59. The van der Waals surface area contributed by atoms with Gasteiger partial charge in [0.25, 0.3) is 5.91 Å². The number of hydrogen-bond acceptors (Lipinski definition) is 5. The van der Waals surface area contributed by atoms with Crippen LogP contribution in [-0.4, -0.2) is 55.5 Å². The van der Waals surface area contributed by atoms with Crippen LogP contribution in [-0.2, 0) is 14.3 Å². The van der Waals surface area contributed by atoms with Crippen LogP contribution in [0.25, 0.3) is 0 Å². The molecule has 0 aromatic heterocycles. The molecule has 7 heteroatoms. The lowest BCUT2D eigenvalue weighted by Crippen LogP contribution is -2.53. The Morgan fingerprint density at radius 1 is 1.13 bits per heavy atom. The summed E-state index contributed by atoms with van der Waals surface area (Å²) >= 11 is 0. The maximum absolute atomic E-state index is 12.8. The number of nitrogens with one attached hydrogen (secondary N) is 2. The maximum Gasteiger partial charge on any atom is 0.251 e. The standard InChI is InChI=1S/C23H33N3O4/c1-15(2)13-19(23(29)25-21-16(3)30-14-20(21)27)24-22(28)17-7-9-18(10-8-17)26-11-5-4-6-12-26/h7-10,15-16,19,21H,4-6,11-14H2,1-3H3,(H,24,28)(H,25,29)/t16-,19?,21+/m1/s1. The fraction of sp³-hybridized carbons (Fsp3) is 0.609. The van der Waals surface area contributed by atoms with Gasteiger partial charge in [-0.05, 0) is 62.8 Å². The van der Waals surface area contributed by atoms with Crippen LogP contribution < -0.4 is 15.5 Å². The van der Waals surface area contributed by atoms with Gasteiger partial charge in [-0.1, -0.05) is 13.8 Å². The molecule has 0 bridgehead atoms. The number of carbonyl (C=O) groups is 3. The third-order valence-corrected chi connectivity index (χ3v) is 5.78. The van der Waals surface area contributed by atoms with Crippen molar-refractivity contribution in [3.63, 3.8) is 0 Å². The monoisotopic (exact) mass is 415 g/mol. The van der Waals surface area contributed by atoms with Crippen molar-refractivity contribution >= 4 is 23.3 Å². The molecule has 2 N–H and O–H groups in total. The van der Waals surface area contributed by atoms with Gasteiger partial charge in [0.15, 0.2) is 5.78 Å². The number of ether oxygens (including phenoxy) is 1. The van der Waals surface area contributed by atoms with Crippen LogP contribution in [0.2, 0.25) is 0 Å². The summed E-state index contributed by atoms with van der Waals surface area (Å²) in [5.41, 5.74) is 1.64. The topological polar surface area (TPSA) is 87.7 Å². The second-order valence-electron chi connectivity index (χ2n) is 8.72. The van der Waals surface area contributed by atoms with Gasteiger partial charge < -0.3 is 20.3 Å². The lowest BCUT2D eigenvalue weighted by molar-refractivity contribution is -0.127. The van der Waals surface area contributed by atoms with Gasteiger partial charge in [-0.15, -0.1) is 0 Å². The molecular formula is C23H33N3O4. The van der Waals surface area contributed by atoms with E-state index in [1.807, 2.05) is 26.0 Å². The molecule has 0 saturated carbocycles. The molecule has 2 saturated heterocycles. The number of ketones is 1. The molecule has 0 aliphatic carbocycles. The molecular weight excluding hydrogens is 382 g/mol. The predicted molar refractivity (Wildman–Crippen MR) is 116 cm³/mol. The minimum atomic E-state index is -0.708. The van der Waals surface area contributed by atoms with E-state index in [1.54, 1.807) is 19.1 Å². The summed E-state index contributed by atoms with van der Waals surface area (Å²) in [6, 6.07) is 6.18. The van der Waals surface area contributed by atoms with Crippen molar-refractivity contribution in [3.8, 4) is 0 Å². The Morgan fingerprint density at radius 3 is 2.37 bits per heavy atom. The van der Waals surface area contributed by atoms with Gasteiger partial charge in [-0.3, -0.25) is 14.4 Å². The number of piperidine rings is 1. The number of hydrogen-bond donors (Lipinski definition) is 2. The minimum absolute atomic E-state index is 0.0106. The highest BCUT2D eigenvalue weighted by atomic mass is 16.5. The SMILES string of the molecule is CC(C)CC(NC(=O)c1ccc(N2CCCCC2)cc1)C(=O)N[C@@H]1C(=O)CO[C@@H]1C. The van der Waals surface area contributed by atoms with Crippen LogP contribution in [0.5, 0.6) is 0 Å². The highest BCUT2D eigenvalue weighted by Crippen LogP contribution is 2.20. The summed E-state index contributed by atoms with van der Waals surface area (Å²) in [4.78, 5) is 39.9. The van der Waals surface area contributed by atoms with E-state index < -0.39 is 12.1 Å². The Morgan fingerprint density at radius 2 is 1.80 bits per heavy atom. The first-order valence-electron chi connectivity index (χ1n) is 11.0. The highest BCUT2D eigenvalue weighted by Gasteiger charge is 2.35. The van der Waals surface area contributed by atoms with Crippen molar-refractivity contribution in [1.29, 1.82) is 0 Å². The third-order valence-electron chi connectivity index (χ3n) is 5.78. The molecule has 7 nitrogen and oxygen atoms in total. The van der Waals surface area contributed by atoms with Gasteiger partial charge in [0.2, 0.25) is 5.91 Å². The summed E-state index contributed by atoms with van der Waals surface area (Å²) < 4.78 is 5.30. The van der Waals surface area contributed by atoms with Crippen molar-refractivity contribution in [2.75, 3.05) is 24.6 Å². The number of benzene rings is 1. The quantitative estimate of drug-likeness (QED) is 0.713. The molecule has 2 aliphatic heterocycles. The first-order valence-corrected chi connectivity index (χ1v) is 11.0. The van der Waals surface area contributed by atoms with E-state index in [2.05, 4.69) is 15.5 Å². The number of nitrogens with zero attached hydrogens (tertiary/aromatic N) is 1. The van der Waals surface area contributed by atoms with Gasteiger partial charge in [0.1, 0.15) is 18.7 Å². The fourth-order valence-electron chi connectivity index (χ4n) is 4.03. The van der Waals surface area contributed by atoms with Crippen LogP contribution in [0.1, 0.15) is 56.8 Å². The van der Waals surface area contributed by atoms with Crippen molar-refractivity contribution in [3.05, 3.63) is 29.8 Å². The predicted octanol–water partition coefficient (Wildman–Crippen LogP) is 2.29. The molecule has 1 unspecified atom stereocenters.